The lowest BCUT2D eigenvalue weighted by Gasteiger charge is -2.03. The van der Waals surface area contributed by atoms with Crippen molar-refractivity contribution in [3.8, 4) is 0 Å². The quantitative estimate of drug-likeness (QED) is 0.842. The van der Waals surface area contributed by atoms with Crippen LogP contribution in [0, 0.1) is 5.92 Å². The maximum absolute atomic E-state index is 5.43. The Kier molecular flexibility index (Phi) is 2.51. The highest BCUT2D eigenvalue weighted by Gasteiger charge is 2.16. The fourth-order valence-corrected chi connectivity index (χ4v) is 1.97. The molecule has 1 N–H and O–H groups in total. The molecule has 2 heterocycles. The summed E-state index contributed by atoms with van der Waals surface area (Å²) in [6.07, 6.45) is 2.34. The van der Waals surface area contributed by atoms with E-state index in [0.29, 0.717) is 0 Å². The van der Waals surface area contributed by atoms with E-state index in [1.807, 2.05) is 12.1 Å². The lowest BCUT2D eigenvalue weighted by atomic mass is 10.0. The Morgan fingerprint density at radius 1 is 1.58 bits per heavy atom. The summed E-state index contributed by atoms with van der Waals surface area (Å²) in [5.74, 6) is 1.86. The molecule has 1 unspecified atom stereocenters. The standard InChI is InChI=1S/C9H12BrNO/c10-9-2-1-8(12-9)5-7-3-4-11-6-7/h1-2,7,11H,3-6H2. The third kappa shape index (κ3) is 1.90. The van der Waals surface area contributed by atoms with Crippen molar-refractivity contribution in [3.05, 3.63) is 22.6 Å². The Balaban J connectivity index is 1.94. The number of hydrogen-bond donors (Lipinski definition) is 1. The highest BCUT2D eigenvalue weighted by molar-refractivity contribution is 9.10. The minimum absolute atomic E-state index is 0.767. The number of rotatable bonds is 2. The summed E-state index contributed by atoms with van der Waals surface area (Å²) in [5.41, 5.74) is 0. The van der Waals surface area contributed by atoms with Crippen molar-refractivity contribution in [2.24, 2.45) is 5.92 Å². The lowest BCUT2D eigenvalue weighted by Crippen LogP contribution is -2.10. The molecule has 0 aliphatic carbocycles. The van der Waals surface area contributed by atoms with Gasteiger partial charge >= 0.3 is 0 Å². The lowest BCUT2D eigenvalue weighted by molar-refractivity contribution is 0.443. The first-order valence-corrected chi connectivity index (χ1v) is 5.09. The molecule has 2 nitrogen and oxygen atoms in total. The van der Waals surface area contributed by atoms with E-state index >= 15 is 0 Å². The third-order valence-corrected chi connectivity index (χ3v) is 2.71. The second-order valence-corrected chi connectivity index (χ2v) is 4.05. The fourth-order valence-electron chi connectivity index (χ4n) is 1.63. The van der Waals surface area contributed by atoms with Crippen LogP contribution in [-0.2, 0) is 6.42 Å². The van der Waals surface area contributed by atoms with E-state index in [4.69, 9.17) is 4.42 Å². The maximum atomic E-state index is 5.43. The van der Waals surface area contributed by atoms with Gasteiger partial charge in [-0.1, -0.05) is 0 Å². The summed E-state index contributed by atoms with van der Waals surface area (Å²) >= 11 is 3.30. The van der Waals surface area contributed by atoms with Crippen LogP contribution in [-0.4, -0.2) is 13.1 Å². The summed E-state index contributed by atoms with van der Waals surface area (Å²) in [6.45, 7) is 2.30. The number of halogens is 1. The van der Waals surface area contributed by atoms with Gasteiger partial charge in [-0.25, -0.2) is 0 Å². The molecule has 1 fully saturated rings. The Morgan fingerprint density at radius 3 is 3.08 bits per heavy atom. The molecule has 2 rings (SSSR count). The molecule has 0 amide bonds. The normalized spacial score (nSPS) is 23.2. The van der Waals surface area contributed by atoms with Crippen molar-refractivity contribution in [1.29, 1.82) is 0 Å². The van der Waals surface area contributed by atoms with Crippen molar-refractivity contribution < 1.29 is 4.42 Å². The topological polar surface area (TPSA) is 25.2 Å². The summed E-state index contributed by atoms with van der Waals surface area (Å²) < 4.78 is 6.27. The van der Waals surface area contributed by atoms with E-state index in [9.17, 15) is 0 Å². The fraction of sp³-hybridized carbons (Fsp3) is 0.556. The van der Waals surface area contributed by atoms with Crippen molar-refractivity contribution in [2.45, 2.75) is 12.8 Å². The molecular weight excluding hydrogens is 218 g/mol. The Morgan fingerprint density at radius 2 is 2.50 bits per heavy atom. The number of nitrogens with one attached hydrogen (secondary N) is 1. The number of hydrogen-bond acceptors (Lipinski definition) is 2. The van der Waals surface area contributed by atoms with Gasteiger partial charge in [-0.3, -0.25) is 0 Å². The second kappa shape index (κ2) is 3.62. The van der Waals surface area contributed by atoms with Gasteiger partial charge in [0.05, 0.1) is 0 Å². The van der Waals surface area contributed by atoms with Crippen LogP contribution < -0.4 is 5.32 Å². The molecule has 1 saturated heterocycles. The predicted molar refractivity (Wildman–Crippen MR) is 51.1 cm³/mol. The zero-order valence-corrected chi connectivity index (χ0v) is 8.43. The summed E-state index contributed by atoms with van der Waals surface area (Å²) in [4.78, 5) is 0. The zero-order valence-electron chi connectivity index (χ0n) is 6.85. The van der Waals surface area contributed by atoms with Gasteiger partial charge in [0.25, 0.3) is 0 Å². The van der Waals surface area contributed by atoms with Crippen molar-refractivity contribution in [2.75, 3.05) is 13.1 Å². The first kappa shape index (κ1) is 8.32. The van der Waals surface area contributed by atoms with Gasteiger partial charge in [0.15, 0.2) is 4.67 Å². The first-order valence-electron chi connectivity index (χ1n) is 4.29. The average Bonchev–Trinajstić information content (AvgIpc) is 2.63. The molecular formula is C9H12BrNO. The zero-order chi connectivity index (χ0) is 8.39. The van der Waals surface area contributed by atoms with E-state index in [0.717, 1.165) is 35.9 Å². The smallest absolute Gasteiger partial charge is 0.169 e. The first-order chi connectivity index (χ1) is 5.84. The van der Waals surface area contributed by atoms with Gasteiger partial charge in [-0.15, -0.1) is 0 Å². The second-order valence-electron chi connectivity index (χ2n) is 3.27. The van der Waals surface area contributed by atoms with E-state index in [2.05, 4.69) is 21.2 Å². The van der Waals surface area contributed by atoms with Crippen LogP contribution in [0.5, 0.6) is 0 Å². The van der Waals surface area contributed by atoms with E-state index in [1.165, 1.54) is 6.42 Å². The molecule has 1 aromatic heterocycles. The molecule has 0 aromatic carbocycles. The molecule has 0 radical (unpaired) electrons. The molecule has 0 saturated carbocycles. The van der Waals surface area contributed by atoms with Gasteiger partial charge in [-0.2, -0.15) is 0 Å². The summed E-state index contributed by atoms with van der Waals surface area (Å²) in [6, 6.07) is 4.00. The predicted octanol–water partition coefficient (Wildman–Crippen LogP) is 2.19. The van der Waals surface area contributed by atoms with Gasteiger partial charge in [0.1, 0.15) is 5.76 Å². The minimum atomic E-state index is 0.767. The van der Waals surface area contributed by atoms with E-state index in [1.54, 1.807) is 0 Å². The molecule has 0 bridgehead atoms. The average molecular weight is 230 g/mol. The van der Waals surface area contributed by atoms with Crippen LogP contribution >= 0.6 is 15.9 Å². The minimum Gasteiger partial charge on any atom is -0.454 e. The molecule has 1 aromatic rings. The molecule has 0 spiro atoms. The van der Waals surface area contributed by atoms with Crippen LogP contribution in [0.25, 0.3) is 0 Å². The molecule has 12 heavy (non-hydrogen) atoms. The Bertz CT molecular complexity index is 253. The Labute approximate surface area is 80.5 Å². The van der Waals surface area contributed by atoms with Crippen LogP contribution in [0.3, 0.4) is 0 Å². The van der Waals surface area contributed by atoms with Gasteiger partial charge < -0.3 is 9.73 Å². The Hall–Kier alpha value is -0.280. The summed E-state index contributed by atoms with van der Waals surface area (Å²) in [7, 11) is 0. The van der Waals surface area contributed by atoms with Crippen LogP contribution in [0.2, 0.25) is 0 Å². The molecule has 66 valence electrons. The summed E-state index contributed by atoms with van der Waals surface area (Å²) in [5, 5.41) is 3.35. The van der Waals surface area contributed by atoms with E-state index < -0.39 is 0 Å². The monoisotopic (exact) mass is 229 g/mol. The SMILES string of the molecule is Brc1ccc(CC2CCNC2)o1. The molecule has 1 aliphatic rings. The molecule has 1 aliphatic heterocycles. The third-order valence-electron chi connectivity index (χ3n) is 2.28. The highest BCUT2D eigenvalue weighted by Crippen LogP contribution is 2.19. The molecule has 1 atom stereocenters. The van der Waals surface area contributed by atoms with Crippen molar-refractivity contribution in [1.82, 2.24) is 5.32 Å². The maximum Gasteiger partial charge on any atom is 0.169 e. The van der Waals surface area contributed by atoms with Crippen LogP contribution in [0.4, 0.5) is 0 Å². The highest BCUT2D eigenvalue weighted by atomic mass is 79.9. The van der Waals surface area contributed by atoms with Crippen LogP contribution in [0.1, 0.15) is 12.2 Å². The van der Waals surface area contributed by atoms with Crippen molar-refractivity contribution >= 4 is 15.9 Å². The largest absolute Gasteiger partial charge is 0.454 e. The van der Waals surface area contributed by atoms with Crippen molar-refractivity contribution in [3.63, 3.8) is 0 Å². The van der Waals surface area contributed by atoms with Gasteiger partial charge in [0.2, 0.25) is 0 Å². The van der Waals surface area contributed by atoms with Crippen LogP contribution in [0.15, 0.2) is 21.2 Å². The molecule has 3 heteroatoms. The van der Waals surface area contributed by atoms with Gasteiger partial charge in [-0.05, 0) is 53.5 Å². The number of furan rings is 1. The van der Waals surface area contributed by atoms with Gasteiger partial charge in [0, 0.05) is 6.42 Å². The van der Waals surface area contributed by atoms with E-state index in [-0.39, 0.29) is 0 Å².